The average molecular weight is 370 g/mol. The zero-order valence-corrected chi connectivity index (χ0v) is 14.9. The summed E-state index contributed by atoms with van der Waals surface area (Å²) in [5, 5.41) is -0.0514. The standard InChI is InChI=1S/C19H18N2O4S/c22-26(23,21-11-13-24-14-12-21)19-17(15-7-3-1-4-8-15)25-18(20-19)16-9-5-2-6-10-16/h1-10H,11-14H2. The largest absolute Gasteiger partial charge is 0.435 e. The number of sulfonamides is 1. The maximum atomic E-state index is 13.2. The molecular formula is C19H18N2O4S. The van der Waals surface area contributed by atoms with Crippen LogP contribution in [0.2, 0.25) is 0 Å². The Hall–Kier alpha value is -2.48. The quantitative estimate of drug-likeness (QED) is 0.706. The molecule has 0 atom stereocenters. The fourth-order valence-electron chi connectivity index (χ4n) is 2.87. The second-order valence-electron chi connectivity index (χ2n) is 5.90. The van der Waals surface area contributed by atoms with Gasteiger partial charge in [-0.3, -0.25) is 0 Å². The smallest absolute Gasteiger partial charge is 0.264 e. The molecule has 0 unspecified atom stereocenters. The third-order valence-corrected chi connectivity index (χ3v) is 6.02. The van der Waals surface area contributed by atoms with E-state index in [0.29, 0.717) is 31.9 Å². The summed E-state index contributed by atoms with van der Waals surface area (Å²) in [6, 6.07) is 18.5. The number of hydrogen-bond donors (Lipinski definition) is 0. The van der Waals surface area contributed by atoms with E-state index in [0.717, 1.165) is 5.56 Å². The molecular weight excluding hydrogens is 352 g/mol. The van der Waals surface area contributed by atoms with Gasteiger partial charge in [-0.1, -0.05) is 48.5 Å². The Morgan fingerprint density at radius 1 is 0.846 bits per heavy atom. The minimum Gasteiger partial charge on any atom is -0.435 e. The Bertz CT molecular complexity index is 979. The van der Waals surface area contributed by atoms with E-state index < -0.39 is 10.0 Å². The maximum Gasteiger partial charge on any atom is 0.264 e. The van der Waals surface area contributed by atoms with Crippen LogP contribution in [-0.4, -0.2) is 44.0 Å². The van der Waals surface area contributed by atoms with Crippen molar-refractivity contribution in [1.29, 1.82) is 0 Å². The third kappa shape index (κ3) is 3.16. The van der Waals surface area contributed by atoms with Gasteiger partial charge in [-0.25, -0.2) is 8.42 Å². The summed E-state index contributed by atoms with van der Waals surface area (Å²) >= 11 is 0. The van der Waals surface area contributed by atoms with Crippen LogP contribution in [0.3, 0.4) is 0 Å². The van der Waals surface area contributed by atoms with Crippen molar-refractivity contribution in [3.05, 3.63) is 60.7 Å². The molecule has 1 aliphatic rings. The normalized spacial score (nSPS) is 15.8. The van der Waals surface area contributed by atoms with E-state index in [4.69, 9.17) is 9.15 Å². The van der Waals surface area contributed by atoms with Crippen LogP contribution in [0.15, 0.2) is 70.1 Å². The number of benzene rings is 2. The van der Waals surface area contributed by atoms with Crippen LogP contribution in [-0.2, 0) is 14.8 Å². The molecule has 26 heavy (non-hydrogen) atoms. The minimum atomic E-state index is -3.78. The second kappa shape index (κ2) is 7.03. The summed E-state index contributed by atoms with van der Waals surface area (Å²) in [6.07, 6.45) is 0. The van der Waals surface area contributed by atoms with Crippen molar-refractivity contribution in [1.82, 2.24) is 9.29 Å². The number of ether oxygens (including phenoxy) is 1. The highest BCUT2D eigenvalue weighted by atomic mass is 32.2. The summed E-state index contributed by atoms with van der Waals surface area (Å²) < 4.78 is 38.9. The van der Waals surface area contributed by atoms with Crippen molar-refractivity contribution < 1.29 is 17.6 Å². The van der Waals surface area contributed by atoms with Gasteiger partial charge in [0, 0.05) is 24.2 Å². The molecule has 0 N–H and O–H groups in total. The van der Waals surface area contributed by atoms with Crippen LogP contribution >= 0.6 is 0 Å². The number of rotatable bonds is 4. The van der Waals surface area contributed by atoms with Crippen molar-refractivity contribution in [3.63, 3.8) is 0 Å². The van der Waals surface area contributed by atoms with Crippen LogP contribution in [0.1, 0.15) is 0 Å². The van der Waals surface area contributed by atoms with E-state index in [2.05, 4.69) is 4.98 Å². The predicted molar refractivity (Wildman–Crippen MR) is 97.0 cm³/mol. The molecule has 0 spiro atoms. The molecule has 7 heteroatoms. The van der Waals surface area contributed by atoms with Crippen molar-refractivity contribution >= 4 is 10.0 Å². The van der Waals surface area contributed by atoms with E-state index in [1.165, 1.54) is 4.31 Å². The van der Waals surface area contributed by atoms with E-state index in [1.807, 2.05) is 60.7 Å². The van der Waals surface area contributed by atoms with Crippen LogP contribution in [0.25, 0.3) is 22.8 Å². The topological polar surface area (TPSA) is 72.6 Å². The molecule has 0 saturated carbocycles. The zero-order valence-electron chi connectivity index (χ0n) is 14.0. The molecule has 0 aliphatic carbocycles. The molecule has 2 aromatic carbocycles. The van der Waals surface area contributed by atoms with Gasteiger partial charge >= 0.3 is 0 Å². The summed E-state index contributed by atoms with van der Waals surface area (Å²) in [5.41, 5.74) is 1.40. The Morgan fingerprint density at radius 3 is 2.04 bits per heavy atom. The van der Waals surface area contributed by atoms with Gasteiger partial charge in [0.25, 0.3) is 10.0 Å². The molecule has 134 valence electrons. The van der Waals surface area contributed by atoms with Gasteiger partial charge < -0.3 is 9.15 Å². The molecule has 6 nitrogen and oxygen atoms in total. The zero-order chi connectivity index (χ0) is 18.0. The molecule has 0 radical (unpaired) electrons. The highest BCUT2D eigenvalue weighted by Crippen LogP contribution is 2.34. The van der Waals surface area contributed by atoms with Crippen LogP contribution in [0.4, 0.5) is 0 Å². The number of nitrogens with zero attached hydrogens (tertiary/aromatic N) is 2. The van der Waals surface area contributed by atoms with Crippen LogP contribution < -0.4 is 0 Å². The van der Waals surface area contributed by atoms with Crippen molar-refractivity contribution in [2.45, 2.75) is 5.03 Å². The van der Waals surface area contributed by atoms with Crippen molar-refractivity contribution in [2.24, 2.45) is 0 Å². The van der Waals surface area contributed by atoms with Gasteiger partial charge in [0.1, 0.15) is 0 Å². The SMILES string of the molecule is O=S(=O)(c1nc(-c2ccccc2)oc1-c1ccccc1)N1CCOCC1. The lowest BCUT2D eigenvalue weighted by atomic mass is 10.2. The number of aromatic nitrogens is 1. The molecule has 0 amide bonds. The molecule has 1 fully saturated rings. The highest BCUT2D eigenvalue weighted by molar-refractivity contribution is 7.89. The molecule has 3 aromatic rings. The maximum absolute atomic E-state index is 13.2. The molecule has 4 rings (SSSR count). The first kappa shape index (κ1) is 17.0. The monoisotopic (exact) mass is 370 g/mol. The lowest BCUT2D eigenvalue weighted by Gasteiger charge is -2.25. The second-order valence-corrected chi connectivity index (χ2v) is 7.76. The van der Waals surface area contributed by atoms with E-state index in [-0.39, 0.29) is 16.7 Å². The highest BCUT2D eigenvalue weighted by Gasteiger charge is 2.33. The molecule has 1 saturated heterocycles. The summed E-state index contributed by atoms with van der Waals surface area (Å²) in [4.78, 5) is 4.37. The molecule has 2 heterocycles. The van der Waals surface area contributed by atoms with Crippen LogP contribution in [0.5, 0.6) is 0 Å². The van der Waals surface area contributed by atoms with E-state index >= 15 is 0 Å². The Balaban J connectivity index is 1.86. The van der Waals surface area contributed by atoms with Crippen LogP contribution in [0, 0.1) is 0 Å². The van der Waals surface area contributed by atoms with E-state index in [1.54, 1.807) is 0 Å². The first-order chi connectivity index (χ1) is 12.7. The van der Waals surface area contributed by atoms with Crippen molar-refractivity contribution in [2.75, 3.05) is 26.3 Å². The van der Waals surface area contributed by atoms with Gasteiger partial charge in [-0.15, -0.1) is 0 Å². The van der Waals surface area contributed by atoms with Gasteiger partial charge in [-0.2, -0.15) is 9.29 Å². The lowest BCUT2D eigenvalue weighted by molar-refractivity contribution is 0.0729. The Kier molecular flexibility index (Phi) is 4.58. The Morgan fingerprint density at radius 2 is 1.42 bits per heavy atom. The number of oxazole rings is 1. The average Bonchev–Trinajstić information content (AvgIpc) is 3.16. The number of morpholine rings is 1. The summed E-state index contributed by atoms with van der Waals surface area (Å²) in [6.45, 7) is 1.38. The summed E-state index contributed by atoms with van der Waals surface area (Å²) in [5.74, 6) is 0.548. The fraction of sp³-hybridized carbons (Fsp3) is 0.211. The predicted octanol–water partition coefficient (Wildman–Crippen LogP) is 3.03. The van der Waals surface area contributed by atoms with Crippen molar-refractivity contribution in [3.8, 4) is 22.8 Å². The Labute approximate surface area is 152 Å². The first-order valence-electron chi connectivity index (χ1n) is 8.36. The molecule has 0 bridgehead atoms. The van der Waals surface area contributed by atoms with Gasteiger partial charge in [0.15, 0.2) is 5.76 Å². The first-order valence-corrected chi connectivity index (χ1v) is 9.80. The number of hydrogen-bond acceptors (Lipinski definition) is 5. The van der Waals surface area contributed by atoms with Gasteiger partial charge in [-0.05, 0) is 12.1 Å². The summed E-state index contributed by atoms with van der Waals surface area (Å²) in [7, 11) is -3.78. The lowest BCUT2D eigenvalue weighted by Crippen LogP contribution is -2.40. The molecule has 1 aromatic heterocycles. The fourth-order valence-corrected chi connectivity index (χ4v) is 4.33. The minimum absolute atomic E-state index is 0.0514. The van der Waals surface area contributed by atoms with Gasteiger partial charge in [0.05, 0.1) is 13.2 Å². The van der Waals surface area contributed by atoms with E-state index in [9.17, 15) is 8.42 Å². The molecule has 1 aliphatic heterocycles. The third-order valence-electron chi connectivity index (χ3n) is 4.21. The van der Waals surface area contributed by atoms with Gasteiger partial charge in [0.2, 0.25) is 10.9 Å².